The summed E-state index contributed by atoms with van der Waals surface area (Å²) in [5, 5.41) is 3.99. The first kappa shape index (κ1) is 17.7. The SMILES string of the molecule is C=CC[C@@H](c1c(F)ccc(Cl)c1Cl)N1CCNCC1.Cl. The van der Waals surface area contributed by atoms with Crippen LogP contribution in [-0.4, -0.2) is 31.1 Å². The molecule has 20 heavy (non-hydrogen) atoms. The summed E-state index contributed by atoms with van der Waals surface area (Å²) in [7, 11) is 0. The summed E-state index contributed by atoms with van der Waals surface area (Å²) < 4.78 is 14.1. The molecule has 1 aliphatic rings. The predicted octanol–water partition coefficient (Wildman–Crippen LogP) is 4.08. The zero-order valence-corrected chi connectivity index (χ0v) is 13.4. The van der Waals surface area contributed by atoms with Crippen LogP contribution in [0.4, 0.5) is 4.39 Å². The molecule has 0 radical (unpaired) electrons. The quantitative estimate of drug-likeness (QED) is 0.657. The number of piperazine rings is 1. The molecule has 1 heterocycles. The summed E-state index contributed by atoms with van der Waals surface area (Å²) in [4.78, 5) is 2.22. The summed E-state index contributed by atoms with van der Waals surface area (Å²) in [6, 6.07) is 2.76. The molecule has 0 aromatic heterocycles. The van der Waals surface area contributed by atoms with E-state index in [1.807, 2.05) is 0 Å². The van der Waals surface area contributed by atoms with Gasteiger partial charge in [0, 0.05) is 37.8 Å². The van der Waals surface area contributed by atoms with Gasteiger partial charge in [-0.15, -0.1) is 19.0 Å². The molecule has 1 fully saturated rings. The Bertz CT molecular complexity index is 462. The van der Waals surface area contributed by atoms with Gasteiger partial charge in [-0.2, -0.15) is 0 Å². The third-order valence-corrected chi connectivity index (χ3v) is 4.21. The van der Waals surface area contributed by atoms with Crippen molar-refractivity contribution in [3.8, 4) is 0 Å². The molecule has 0 amide bonds. The lowest BCUT2D eigenvalue weighted by Crippen LogP contribution is -2.45. The van der Waals surface area contributed by atoms with Gasteiger partial charge in [-0.05, 0) is 18.6 Å². The van der Waals surface area contributed by atoms with Crippen molar-refractivity contribution in [2.24, 2.45) is 0 Å². The normalized spacial score (nSPS) is 17.4. The van der Waals surface area contributed by atoms with Crippen LogP contribution < -0.4 is 5.32 Å². The minimum atomic E-state index is -0.306. The maximum absolute atomic E-state index is 14.1. The molecule has 0 spiro atoms. The summed E-state index contributed by atoms with van der Waals surface area (Å²) in [6.07, 6.45) is 2.44. The van der Waals surface area contributed by atoms with Crippen molar-refractivity contribution in [1.29, 1.82) is 0 Å². The highest BCUT2D eigenvalue weighted by Gasteiger charge is 2.26. The lowest BCUT2D eigenvalue weighted by atomic mass is 10.0. The van der Waals surface area contributed by atoms with Crippen molar-refractivity contribution >= 4 is 35.6 Å². The maximum Gasteiger partial charge on any atom is 0.129 e. The van der Waals surface area contributed by atoms with Crippen molar-refractivity contribution in [2.45, 2.75) is 12.5 Å². The van der Waals surface area contributed by atoms with Crippen molar-refractivity contribution in [2.75, 3.05) is 26.2 Å². The fourth-order valence-electron chi connectivity index (χ4n) is 2.45. The molecule has 0 unspecified atom stereocenters. The lowest BCUT2D eigenvalue weighted by Gasteiger charge is -2.35. The molecule has 0 saturated carbocycles. The Morgan fingerprint density at radius 1 is 1.35 bits per heavy atom. The Labute approximate surface area is 135 Å². The van der Waals surface area contributed by atoms with Gasteiger partial charge in [0.1, 0.15) is 5.82 Å². The maximum atomic E-state index is 14.1. The highest BCUT2D eigenvalue weighted by molar-refractivity contribution is 6.42. The van der Waals surface area contributed by atoms with Gasteiger partial charge in [0.15, 0.2) is 0 Å². The lowest BCUT2D eigenvalue weighted by molar-refractivity contribution is 0.171. The third kappa shape index (κ3) is 3.86. The topological polar surface area (TPSA) is 15.3 Å². The Kier molecular flexibility index (Phi) is 7.27. The van der Waals surface area contributed by atoms with Crippen molar-refractivity contribution in [3.05, 3.63) is 46.2 Å². The first-order valence-corrected chi connectivity index (χ1v) is 7.09. The molecule has 0 bridgehead atoms. The smallest absolute Gasteiger partial charge is 0.129 e. The van der Waals surface area contributed by atoms with Crippen LogP contribution in [0.1, 0.15) is 18.0 Å². The molecule has 6 heteroatoms. The van der Waals surface area contributed by atoms with E-state index >= 15 is 0 Å². The van der Waals surface area contributed by atoms with Gasteiger partial charge < -0.3 is 5.32 Å². The molecular weight excluding hydrogens is 322 g/mol. The molecular formula is C14H18Cl3FN2. The van der Waals surface area contributed by atoms with Crippen LogP contribution in [-0.2, 0) is 0 Å². The Balaban J connectivity index is 0.00000200. The van der Waals surface area contributed by atoms with Crippen LogP contribution in [0.15, 0.2) is 24.8 Å². The van der Waals surface area contributed by atoms with E-state index in [0.717, 1.165) is 26.2 Å². The molecule has 112 valence electrons. The average molecular weight is 340 g/mol. The van der Waals surface area contributed by atoms with Crippen LogP contribution in [0.25, 0.3) is 0 Å². The number of benzene rings is 1. The second-order valence-electron chi connectivity index (χ2n) is 4.58. The number of hydrogen-bond acceptors (Lipinski definition) is 2. The van der Waals surface area contributed by atoms with Gasteiger partial charge in [-0.25, -0.2) is 4.39 Å². The summed E-state index contributed by atoms with van der Waals surface area (Å²) in [5.74, 6) is -0.306. The molecule has 1 aliphatic heterocycles. The van der Waals surface area contributed by atoms with Crippen LogP contribution in [0.3, 0.4) is 0 Å². The Morgan fingerprint density at radius 3 is 2.60 bits per heavy atom. The fourth-order valence-corrected chi connectivity index (χ4v) is 2.89. The van der Waals surface area contributed by atoms with Gasteiger partial charge in [-0.3, -0.25) is 4.90 Å². The molecule has 1 aromatic rings. The van der Waals surface area contributed by atoms with E-state index in [-0.39, 0.29) is 24.3 Å². The highest BCUT2D eigenvalue weighted by atomic mass is 35.5. The van der Waals surface area contributed by atoms with E-state index in [4.69, 9.17) is 23.2 Å². The largest absolute Gasteiger partial charge is 0.314 e. The van der Waals surface area contributed by atoms with E-state index in [1.165, 1.54) is 12.1 Å². The molecule has 0 aliphatic carbocycles. The second-order valence-corrected chi connectivity index (χ2v) is 5.37. The predicted molar refractivity (Wildman–Crippen MR) is 85.7 cm³/mol. The molecule has 1 atom stereocenters. The molecule has 2 nitrogen and oxygen atoms in total. The first-order valence-electron chi connectivity index (χ1n) is 6.34. The molecule has 2 rings (SSSR count). The third-order valence-electron chi connectivity index (χ3n) is 3.39. The van der Waals surface area contributed by atoms with Crippen molar-refractivity contribution in [1.82, 2.24) is 10.2 Å². The van der Waals surface area contributed by atoms with Crippen LogP contribution >= 0.6 is 35.6 Å². The van der Waals surface area contributed by atoms with E-state index in [1.54, 1.807) is 6.08 Å². The standard InChI is InChI=1S/C14H17Cl2FN2.ClH/c1-2-3-12(19-8-6-18-7-9-19)13-11(17)5-4-10(15)14(13)16;/h2,4-5,12,18H,1,3,6-9H2;1H/t12-;/m0./s1. The van der Waals surface area contributed by atoms with Crippen LogP contribution in [0.2, 0.25) is 10.0 Å². The number of nitrogens with zero attached hydrogens (tertiary/aromatic N) is 1. The minimum absolute atomic E-state index is 0. The highest BCUT2D eigenvalue weighted by Crippen LogP contribution is 2.36. The van der Waals surface area contributed by atoms with Crippen LogP contribution in [0, 0.1) is 5.82 Å². The Hall–Kier alpha value is -0.320. The van der Waals surface area contributed by atoms with Gasteiger partial charge in [0.2, 0.25) is 0 Å². The van der Waals surface area contributed by atoms with E-state index in [2.05, 4.69) is 16.8 Å². The van der Waals surface area contributed by atoms with Gasteiger partial charge in [0.05, 0.1) is 10.0 Å². The second kappa shape index (κ2) is 8.20. The van der Waals surface area contributed by atoms with Crippen molar-refractivity contribution in [3.63, 3.8) is 0 Å². The summed E-state index contributed by atoms with van der Waals surface area (Å²) in [6.45, 7) is 7.28. The zero-order valence-electron chi connectivity index (χ0n) is 11.0. The summed E-state index contributed by atoms with van der Waals surface area (Å²) in [5.41, 5.74) is 0.482. The monoisotopic (exact) mass is 338 g/mol. The fraction of sp³-hybridized carbons (Fsp3) is 0.429. The van der Waals surface area contributed by atoms with E-state index in [9.17, 15) is 4.39 Å². The number of nitrogens with one attached hydrogen (secondary N) is 1. The molecule has 1 saturated heterocycles. The molecule has 1 aromatic carbocycles. The minimum Gasteiger partial charge on any atom is -0.314 e. The van der Waals surface area contributed by atoms with Crippen LogP contribution in [0.5, 0.6) is 0 Å². The number of hydrogen-bond donors (Lipinski definition) is 1. The number of halogens is 4. The zero-order chi connectivity index (χ0) is 13.8. The number of rotatable bonds is 4. The molecule has 1 N–H and O–H groups in total. The van der Waals surface area contributed by atoms with Gasteiger partial charge in [-0.1, -0.05) is 29.3 Å². The average Bonchev–Trinajstić information content (AvgIpc) is 2.43. The van der Waals surface area contributed by atoms with E-state index in [0.29, 0.717) is 22.0 Å². The van der Waals surface area contributed by atoms with Gasteiger partial charge in [0.25, 0.3) is 0 Å². The van der Waals surface area contributed by atoms with Crippen molar-refractivity contribution < 1.29 is 4.39 Å². The Morgan fingerprint density at radius 2 is 2.00 bits per heavy atom. The first-order chi connectivity index (χ1) is 9.15. The van der Waals surface area contributed by atoms with Gasteiger partial charge >= 0.3 is 0 Å². The van der Waals surface area contributed by atoms with E-state index < -0.39 is 0 Å². The summed E-state index contributed by atoms with van der Waals surface area (Å²) >= 11 is 12.2.